The molecule has 3 aromatic heterocycles. The van der Waals surface area contributed by atoms with E-state index in [-0.39, 0.29) is 11.9 Å². The molecule has 3 aromatic rings. The summed E-state index contributed by atoms with van der Waals surface area (Å²) in [5, 5.41) is 1.97. The van der Waals surface area contributed by atoms with Crippen LogP contribution >= 0.6 is 11.3 Å². The molecule has 1 unspecified atom stereocenters. The lowest BCUT2D eigenvalue weighted by Gasteiger charge is -2.36. The third-order valence-corrected chi connectivity index (χ3v) is 6.25. The molecule has 29 heavy (non-hydrogen) atoms. The number of hydrogen-bond donors (Lipinski definition) is 0. The first-order valence-electron chi connectivity index (χ1n) is 10.3. The molecule has 150 valence electrons. The third-order valence-electron chi connectivity index (χ3n) is 5.39. The lowest BCUT2D eigenvalue weighted by molar-refractivity contribution is 0.0607. The summed E-state index contributed by atoms with van der Waals surface area (Å²) in [6.07, 6.45) is 10.4. The lowest BCUT2D eigenvalue weighted by Crippen LogP contribution is -2.39. The zero-order valence-electron chi connectivity index (χ0n) is 17.0. The monoisotopic (exact) mass is 406 g/mol. The number of piperidine rings is 1. The Kier molecular flexibility index (Phi) is 6.00. The van der Waals surface area contributed by atoms with Crippen LogP contribution < -0.4 is 0 Å². The zero-order valence-corrected chi connectivity index (χ0v) is 17.8. The van der Waals surface area contributed by atoms with E-state index in [4.69, 9.17) is 4.98 Å². The fourth-order valence-corrected chi connectivity index (χ4v) is 4.64. The number of amides is 1. The molecule has 1 fully saturated rings. The van der Waals surface area contributed by atoms with Gasteiger partial charge in [-0.05, 0) is 56.4 Å². The molecular formula is C23H26N4OS. The summed E-state index contributed by atoms with van der Waals surface area (Å²) in [4.78, 5) is 30.2. The van der Waals surface area contributed by atoms with Crippen molar-refractivity contribution in [3.05, 3.63) is 64.1 Å². The van der Waals surface area contributed by atoms with Gasteiger partial charge in [0.15, 0.2) is 0 Å². The van der Waals surface area contributed by atoms with Gasteiger partial charge in [-0.3, -0.25) is 9.78 Å². The Morgan fingerprint density at radius 1 is 1.28 bits per heavy atom. The maximum absolute atomic E-state index is 13.3. The van der Waals surface area contributed by atoms with Crippen molar-refractivity contribution in [3.63, 3.8) is 0 Å². The zero-order chi connectivity index (χ0) is 20.2. The number of thiophene rings is 1. The number of rotatable bonds is 5. The molecule has 4 rings (SSSR count). The van der Waals surface area contributed by atoms with Crippen LogP contribution in [0.1, 0.15) is 65.4 Å². The summed E-state index contributed by atoms with van der Waals surface area (Å²) < 4.78 is 0. The Labute approximate surface area is 175 Å². The van der Waals surface area contributed by atoms with Gasteiger partial charge in [0.05, 0.1) is 17.3 Å². The molecular weight excluding hydrogens is 380 g/mol. The second-order valence-corrected chi connectivity index (χ2v) is 8.64. The summed E-state index contributed by atoms with van der Waals surface area (Å²) in [6, 6.07) is 5.93. The molecule has 0 aliphatic carbocycles. The lowest BCUT2D eigenvalue weighted by atomic mass is 9.93. The van der Waals surface area contributed by atoms with Crippen molar-refractivity contribution >= 4 is 17.2 Å². The van der Waals surface area contributed by atoms with E-state index in [1.54, 1.807) is 23.7 Å². The minimum Gasteiger partial charge on any atom is -0.330 e. The van der Waals surface area contributed by atoms with Crippen molar-refractivity contribution < 1.29 is 4.79 Å². The Hall–Kier alpha value is -2.60. The number of nitrogens with zero attached hydrogens (tertiary/aromatic N) is 4. The maximum Gasteiger partial charge on any atom is 0.255 e. The van der Waals surface area contributed by atoms with E-state index in [2.05, 4.69) is 16.9 Å². The van der Waals surface area contributed by atoms with Gasteiger partial charge in [-0.1, -0.05) is 6.92 Å². The van der Waals surface area contributed by atoms with Crippen LogP contribution in [0.2, 0.25) is 0 Å². The van der Waals surface area contributed by atoms with Gasteiger partial charge in [-0.15, -0.1) is 11.3 Å². The highest BCUT2D eigenvalue weighted by Crippen LogP contribution is 2.36. The highest BCUT2D eigenvalue weighted by atomic mass is 32.1. The van der Waals surface area contributed by atoms with E-state index >= 15 is 0 Å². The number of pyridine rings is 1. The van der Waals surface area contributed by atoms with Gasteiger partial charge in [-0.2, -0.15) is 0 Å². The minimum absolute atomic E-state index is 0.0294. The first kappa shape index (κ1) is 19.7. The smallest absolute Gasteiger partial charge is 0.255 e. The Morgan fingerprint density at radius 3 is 2.83 bits per heavy atom. The van der Waals surface area contributed by atoms with Gasteiger partial charge < -0.3 is 4.90 Å². The summed E-state index contributed by atoms with van der Waals surface area (Å²) >= 11 is 1.62. The first-order valence-corrected chi connectivity index (χ1v) is 11.2. The Balaban J connectivity index is 1.77. The minimum atomic E-state index is -0.0294. The Bertz CT molecular complexity index is 986. The SMILES string of the molecule is CCCc1ncc(-c2ccncc2)c(C2CCCCN2C(=O)c2csc(C)c2)n1. The molecule has 1 saturated heterocycles. The molecule has 0 spiro atoms. The quantitative estimate of drug-likeness (QED) is 0.582. The summed E-state index contributed by atoms with van der Waals surface area (Å²) in [7, 11) is 0. The molecule has 0 bridgehead atoms. The van der Waals surface area contributed by atoms with Gasteiger partial charge in [-0.25, -0.2) is 9.97 Å². The normalized spacial score (nSPS) is 16.8. The van der Waals surface area contributed by atoms with Crippen molar-refractivity contribution in [2.24, 2.45) is 0 Å². The van der Waals surface area contributed by atoms with Crippen LogP contribution in [0.3, 0.4) is 0 Å². The van der Waals surface area contributed by atoms with E-state index in [1.165, 1.54) is 0 Å². The van der Waals surface area contributed by atoms with Crippen molar-refractivity contribution in [3.8, 4) is 11.1 Å². The first-order chi connectivity index (χ1) is 14.2. The molecule has 5 nitrogen and oxygen atoms in total. The average Bonchev–Trinajstić information content (AvgIpc) is 3.20. The topological polar surface area (TPSA) is 59.0 Å². The maximum atomic E-state index is 13.3. The number of likely N-dealkylation sites (tertiary alicyclic amines) is 1. The van der Waals surface area contributed by atoms with Crippen molar-refractivity contribution in [2.45, 2.75) is 52.0 Å². The van der Waals surface area contributed by atoms with Gasteiger partial charge >= 0.3 is 0 Å². The number of aromatic nitrogens is 3. The fraction of sp³-hybridized carbons (Fsp3) is 0.391. The Morgan fingerprint density at radius 2 is 2.10 bits per heavy atom. The molecule has 0 N–H and O–H groups in total. The highest BCUT2D eigenvalue weighted by Gasteiger charge is 2.32. The van der Waals surface area contributed by atoms with E-state index in [1.807, 2.05) is 41.6 Å². The van der Waals surface area contributed by atoms with Gasteiger partial charge in [0.2, 0.25) is 0 Å². The molecule has 4 heterocycles. The van der Waals surface area contributed by atoms with Crippen LogP contribution in [0.4, 0.5) is 0 Å². The number of aryl methyl sites for hydroxylation is 2. The summed E-state index contributed by atoms with van der Waals surface area (Å²) in [6.45, 7) is 4.94. The molecule has 1 atom stereocenters. The predicted molar refractivity (Wildman–Crippen MR) is 116 cm³/mol. The van der Waals surface area contributed by atoms with Crippen LogP contribution in [-0.2, 0) is 6.42 Å². The average molecular weight is 407 g/mol. The highest BCUT2D eigenvalue weighted by molar-refractivity contribution is 7.10. The van der Waals surface area contributed by atoms with Gasteiger partial charge in [0.1, 0.15) is 5.82 Å². The molecule has 1 amide bonds. The second kappa shape index (κ2) is 8.82. The van der Waals surface area contributed by atoms with Crippen LogP contribution in [0.25, 0.3) is 11.1 Å². The summed E-state index contributed by atoms with van der Waals surface area (Å²) in [5.74, 6) is 0.958. The molecule has 0 radical (unpaired) electrons. The van der Waals surface area contributed by atoms with Crippen molar-refractivity contribution in [1.82, 2.24) is 19.9 Å². The van der Waals surface area contributed by atoms with Crippen LogP contribution in [0.15, 0.2) is 42.2 Å². The molecule has 0 aromatic carbocycles. The van der Waals surface area contributed by atoms with E-state index in [0.717, 1.165) is 71.7 Å². The number of carbonyl (C=O) groups is 1. The van der Waals surface area contributed by atoms with Gasteiger partial charge in [0, 0.05) is 47.4 Å². The predicted octanol–water partition coefficient (Wildman–Crippen LogP) is 5.23. The van der Waals surface area contributed by atoms with E-state index in [9.17, 15) is 4.79 Å². The fourth-order valence-electron chi connectivity index (χ4n) is 3.97. The van der Waals surface area contributed by atoms with Crippen molar-refractivity contribution in [2.75, 3.05) is 6.54 Å². The van der Waals surface area contributed by atoms with Crippen LogP contribution in [-0.4, -0.2) is 32.3 Å². The molecule has 6 heteroatoms. The molecule has 1 aliphatic rings. The van der Waals surface area contributed by atoms with E-state index < -0.39 is 0 Å². The van der Waals surface area contributed by atoms with Crippen LogP contribution in [0, 0.1) is 6.92 Å². The largest absolute Gasteiger partial charge is 0.330 e. The van der Waals surface area contributed by atoms with E-state index in [0.29, 0.717) is 0 Å². The van der Waals surface area contributed by atoms with Crippen molar-refractivity contribution in [1.29, 1.82) is 0 Å². The van der Waals surface area contributed by atoms with Gasteiger partial charge in [0.25, 0.3) is 5.91 Å². The second-order valence-electron chi connectivity index (χ2n) is 7.53. The molecule has 0 saturated carbocycles. The number of carbonyl (C=O) groups excluding carboxylic acids is 1. The summed E-state index contributed by atoms with van der Waals surface area (Å²) in [5.41, 5.74) is 3.79. The standard InChI is InChI=1S/C23H26N4OS/c1-3-6-21-25-14-19(17-8-10-24-11-9-17)22(26-21)20-7-4-5-12-27(20)23(28)18-13-16(2)29-15-18/h8-11,13-15,20H,3-7,12H2,1-2H3. The van der Waals surface area contributed by atoms with Crippen LogP contribution in [0.5, 0.6) is 0 Å². The molecule has 1 aliphatic heterocycles. The third kappa shape index (κ3) is 4.22. The number of hydrogen-bond acceptors (Lipinski definition) is 5.